The molecule has 0 radical (unpaired) electrons. The molecule has 2 bridgehead atoms. The molecule has 12 nitrogen and oxygen atoms in total. The summed E-state index contributed by atoms with van der Waals surface area (Å²) in [6, 6.07) is 0. The average Bonchev–Trinajstić information content (AvgIpc) is 3.16. The van der Waals surface area contributed by atoms with Crippen molar-refractivity contribution in [1.29, 1.82) is 0 Å². The lowest BCUT2D eigenvalue weighted by Crippen LogP contribution is -2.67. The van der Waals surface area contributed by atoms with Gasteiger partial charge in [-0.15, -0.1) is 0 Å². The first-order valence-electron chi connectivity index (χ1n) is 21.1. The summed E-state index contributed by atoms with van der Waals surface area (Å²) in [5.74, 6) is -9.51. The zero-order valence-corrected chi connectivity index (χ0v) is 36.0. The zero-order valence-electron chi connectivity index (χ0n) is 36.0. The van der Waals surface area contributed by atoms with Crippen LogP contribution in [-0.4, -0.2) is 103 Å². The van der Waals surface area contributed by atoms with Gasteiger partial charge in [0.1, 0.15) is 17.5 Å². The third-order valence-corrected chi connectivity index (χ3v) is 13.1. The van der Waals surface area contributed by atoms with E-state index in [9.17, 15) is 44.7 Å². The van der Waals surface area contributed by atoms with E-state index in [0.29, 0.717) is 32.1 Å². The first-order chi connectivity index (χ1) is 26.5. The van der Waals surface area contributed by atoms with E-state index >= 15 is 0 Å². The van der Waals surface area contributed by atoms with Crippen molar-refractivity contribution >= 4 is 23.3 Å². The fraction of sp³-hybridized carbons (Fsp3) is 0.778. The minimum atomic E-state index is -2.21. The topological polar surface area (TPSA) is 197 Å². The summed E-state index contributed by atoms with van der Waals surface area (Å²) in [5.41, 5.74) is -2.21. The molecule has 57 heavy (non-hydrogen) atoms. The van der Waals surface area contributed by atoms with Crippen LogP contribution in [0.2, 0.25) is 0 Å². The molecule has 2 saturated heterocycles. The summed E-state index contributed by atoms with van der Waals surface area (Å²) in [6.07, 6.45) is 6.02. The lowest BCUT2D eigenvalue weighted by molar-refractivity contribution is -0.347. The van der Waals surface area contributed by atoms with Crippen molar-refractivity contribution in [3.05, 3.63) is 36.5 Å². The second-order valence-electron chi connectivity index (χ2n) is 17.9. The predicted molar refractivity (Wildman–Crippen MR) is 215 cm³/mol. The first-order valence-corrected chi connectivity index (χ1v) is 21.1. The standard InChI is InChI=1S/C45H72O12/c1-12-33-41-29(7)34(56-45(33)36(47)22-27(5)35(57-45)23-28(6)46)20-18-24(2)16-14-13-15-17-26(4)42(52)44(11,54)43(53)32(10)40(51)31(9)39(50)30(8)38(49)25(3)19-21-37(48)55-41/h13-16,19,21,24-35,38,40-42,46,49,51-52,54H,12,17-18,20,22-23H2,1-11H3/b15-13-,16-14-,21-19-/t24-,25-,26+,27-,28-,29+,30+,31-,32+,33+,34-,35+,38-,40-,41+,42-,44+,45+/m0/s1. The number of ether oxygens (including phenoxy) is 3. The van der Waals surface area contributed by atoms with Crippen LogP contribution in [0.4, 0.5) is 0 Å². The maximum absolute atomic E-state index is 14.1. The molecule has 3 heterocycles. The van der Waals surface area contributed by atoms with Crippen molar-refractivity contribution in [3.8, 4) is 0 Å². The lowest BCUT2D eigenvalue weighted by atomic mass is 9.72. The zero-order chi connectivity index (χ0) is 43.2. The van der Waals surface area contributed by atoms with Crippen LogP contribution in [0.3, 0.4) is 0 Å². The average molecular weight is 805 g/mol. The quantitative estimate of drug-likeness (QED) is 0.238. The van der Waals surface area contributed by atoms with Crippen molar-refractivity contribution < 1.29 is 58.9 Å². The minimum absolute atomic E-state index is 0.0811. The smallest absolute Gasteiger partial charge is 0.330 e. The van der Waals surface area contributed by atoms with Gasteiger partial charge in [-0.3, -0.25) is 14.4 Å². The van der Waals surface area contributed by atoms with Crippen LogP contribution in [0, 0.1) is 53.3 Å². The number of carbonyl (C=O) groups excluding carboxylic acids is 4. The van der Waals surface area contributed by atoms with E-state index in [2.05, 4.69) is 6.92 Å². The second-order valence-corrected chi connectivity index (χ2v) is 17.9. The molecule has 0 aliphatic carbocycles. The van der Waals surface area contributed by atoms with Gasteiger partial charge in [-0.1, -0.05) is 92.7 Å². The molecule has 324 valence electrons. The lowest BCUT2D eigenvalue weighted by Gasteiger charge is -2.54. The van der Waals surface area contributed by atoms with Crippen LogP contribution in [-0.2, 0) is 33.4 Å². The molecule has 3 aliphatic rings. The van der Waals surface area contributed by atoms with Crippen LogP contribution >= 0.6 is 0 Å². The Morgan fingerprint density at radius 2 is 1.47 bits per heavy atom. The van der Waals surface area contributed by atoms with E-state index in [1.165, 1.54) is 39.8 Å². The second kappa shape index (κ2) is 20.6. The Hall–Kier alpha value is -2.58. The van der Waals surface area contributed by atoms with Crippen molar-refractivity contribution in [2.75, 3.05) is 0 Å². The monoisotopic (exact) mass is 805 g/mol. The number of hydrogen-bond acceptors (Lipinski definition) is 12. The van der Waals surface area contributed by atoms with E-state index in [1.54, 1.807) is 20.8 Å². The molecule has 2 fully saturated rings. The van der Waals surface area contributed by atoms with Crippen LogP contribution < -0.4 is 0 Å². The van der Waals surface area contributed by atoms with E-state index in [-0.39, 0.29) is 30.0 Å². The number of ketones is 3. The SMILES string of the molecule is CC[C@@H]1[C@@H]2OC(=O)/C=C\[C@H](C)[C@H](O)[C@@H](C)C(=O)[C@H](C)[C@H](O)[C@@H](C)C(=O)[C@](C)(O)[C@@H](O)[C@H](C)C/C=C\C=C/[C@H](C)CC[C@H](O[C@@]13O[C@H](C[C@H](C)O)[C@@H](C)CC3=O)[C@H]2C. The molecule has 3 aliphatic heterocycles. The number of hydrogen-bond donors (Lipinski definition) is 5. The van der Waals surface area contributed by atoms with Gasteiger partial charge in [0.2, 0.25) is 5.79 Å². The highest BCUT2D eigenvalue weighted by atomic mass is 16.7. The molecular formula is C45H72O12. The molecule has 18 atom stereocenters. The van der Waals surface area contributed by atoms with Crippen molar-refractivity contribution in [2.45, 2.75) is 169 Å². The van der Waals surface area contributed by atoms with Gasteiger partial charge in [0.15, 0.2) is 11.6 Å². The van der Waals surface area contributed by atoms with Crippen molar-refractivity contribution in [2.24, 2.45) is 53.3 Å². The summed E-state index contributed by atoms with van der Waals surface area (Å²) >= 11 is 0. The Morgan fingerprint density at radius 3 is 2.09 bits per heavy atom. The van der Waals surface area contributed by atoms with Crippen molar-refractivity contribution in [1.82, 2.24) is 0 Å². The molecule has 5 N–H and O–H groups in total. The van der Waals surface area contributed by atoms with Gasteiger partial charge in [-0.2, -0.15) is 0 Å². The Labute approximate surface area is 340 Å². The number of esters is 1. The maximum Gasteiger partial charge on any atom is 0.330 e. The number of fused-ring (bicyclic) bond motifs is 2. The van der Waals surface area contributed by atoms with E-state index in [0.717, 1.165) is 0 Å². The molecule has 0 aromatic rings. The molecule has 0 amide bonds. The molecule has 0 aromatic carbocycles. The Balaban J connectivity index is 2.02. The first kappa shape index (κ1) is 48.8. The number of carbonyl (C=O) groups is 4. The third kappa shape index (κ3) is 11.4. The number of aliphatic hydroxyl groups excluding tert-OH is 4. The van der Waals surface area contributed by atoms with Crippen LogP contribution in [0.5, 0.6) is 0 Å². The van der Waals surface area contributed by atoms with Gasteiger partial charge in [-0.05, 0) is 63.7 Å². The van der Waals surface area contributed by atoms with E-state index < -0.39 is 107 Å². The van der Waals surface area contributed by atoms with E-state index in [4.69, 9.17) is 14.2 Å². The summed E-state index contributed by atoms with van der Waals surface area (Å²) in [6.45, 7) is 18.4. The van der Waals surface area contributed by atoms with Gasteiger partial charge in [0.05, 0.1) is 42.5 Å². The highest BCUT2D eigenvalue weighted by molar-refractivity contribution is 5.91. The summed E-state index contributed by atoms with van der Waals surface area (Å²) in [5, 5.41) is 55.0. The molecule has 12 heteroatoms. The number of Topliss-reactive ketones (excluding diaryl/α,β-unsaturated/α-hetero) is 3. The predicted octanol–water partition coefficient (Wildman–Crippen LogP) is 5.06. The summed E-state index contributed by atoms with van der Waals surface area (Å²) < 4.78 is 19.6. The Morgan fingerprint density at radius 1 is 0.842 bits per heavy atom. The number of aliphatic hydroxyl groups is 5. The summed E-state index contributed by atoms with van der Waals surface area (Å²) in [7, 11) is 0. The minimum Gasteiger partial charge on any atom is -0.458 e. The van der Waals surface area contributed by atoms with E-state index in [1.807, 2.05) is 45.1 Å². The van der Waals surface area contributed by atoms with Gasteiger partial charge in [0.25, 0.3) is 0 Å². The van der Waals surface area contributed by atoms with Gasteiger partial charge in [0, 0.05) is 42.1 Å². The Bertz CT molecular complexity index is 1470. The maximum atomic E-state index is 14.1. The van der Waals surface area contributed by atoms with Gasteiger partial charge in [-0.25, -0.2) is 4.79 Å². The fourth-order valence-electron chi connectivity index (χ4n) is 8.95. The number of rotatable bonds is 3. The summed E-state index contributed by atoms with van der Waals surface area (Å²) in [4.78, 5) is 54.7. The molecule has 3 rings (SSSR count). The van der Waals surface area contributed by atoms with Crippen LogP contribution in [0.15, 0.2) is 36.5 Å². The van der Waals surface area contributed by atoms with Gasteiger partial charge < -0.3 is 39.7 Å². The van der Waals surface area contributed by atoms with Crippen LogP contribution in [0.25, 0.3) is 0 Å². The molecule has 1 spiro atoms. The third-order valence-electron chi connectivity index (χ3n) is 13.1. The highest BCUT2D eigenvalue weighted by Gasteiger charge is 2.61. The normalized spacial score (nSPS) is 46.2. The Kier molecular flexibility index (Phi) is 17.6. The number of allylic oxidation sites excluding steroid dienone is 4. The largest absolute Gasteiger partial charge is 0.458 e. The molecule has 0 aromatic heterocycles. The highest BCUT2D eigenvalue weighted by Crippen LogP contribution is 2.48. The van der Waals surface area contributed by atoms with Gasteiger partial charge >= 0.3 is 5.97 Å². The molecular weight excluding hydrogens is 732 g/mol. The fourth-order valence-corrected chi connectivity index (χ4v) is 8.95. The molecule has 0 unspecified atom stereocenters. The van der Waals surface area contributed by atoms with Crippen LogP contribution in [0.1, 0.15) is 115 Å². The van der Waals surface area contributed by atoms with Crippen molar-refractivity contribution in [3.63, 3.8) is 0 Å². The molecule has 0 saturated carbocycles.